The molecule has 0 atom stereocenters. The summed E-state index contributed by atoms with van der Waals surface area (Å²) in [7, 11) is -3.67. The van der Waals surface area contributed by atoms with E-state index >= 15 is 0 Å². The van der Waals surface area contributed by atoms with Gasteiger partial charge in [-0.3, -0.25) is 0 Å². The van der Waals surface area contributed by atoms with Gasteiger partial charge in [-0.15, -0.1) is 0 Å². The lowest BCUT2D eigenvalue weighted by Crippen LogP contribution is -2.59. The van der Waals surface area contributed by atoms with Crippen LogP contribution in [0.2, 0.25) is 0 Å². The Bertz CT molecular complexity index is 468. The fourth-order valence-corrected chi connectivity index (χ4v) is 3.42. The molecule has 0 saturated carbocycles. The van der Waals surface area contributed by atoms with Crippen LogP contribution in [0.3, 0.4) is 0 Å². The normalized spacial score (nSPS) is 14.0. The van der Waals surface area contributed by atoms with Crippen LogP contribution < -0.4 is 5.19 Å². The lowest BCUT2D eigenvalue weighted by atomic mass is 10.2. The molecule has 0 aliphatic rings. The zero-order valence-corrected chi connectivity index (χ0v) is 17.8. The Morgan fingerprint density at radius 2 is 0.880 bits per heavy atom. The van der Waals surface area contributed by atoms with E-state index < -0.39 is 25.6 Å². The predicted molar refractivity (Wildman–Crippen MR) is 97.6 cm³/mol. The molecule has 0 N–H and O–H groups in total. The minimum atomic E-state index is -3.67. The summed E-state index contributed by atoms with van der Waals surface area (Å²) in [5.41, 5.74) is -1.70. The Hall–Kier alpha value is -0.803. The molecule has 0 radical (unpaired) electrons. The average Bonchev–Trinajstić information content (AvgIpc) is 2.45. The first kappa shape index (κ1) is 22.2. The van der Waals surface area contributed by atoms with Crippen LogP contribution in [-0.2, 0) is 28.4 Å². The molecule has 0 heterocycles. The molecule has 144 valence electrons. The summed E-state index contributed by atoms with van der Waals surface area (Å²) < 4.78 is 17.1. The molecule has 25 heavy (non-hydrogen) atoms. The topological polar surface area (TPSA) is 55.4 Å². The van der Waals surface area contributed by atoms with Crippen LogP contribution >= 0.6 is 0 Å². The number of rotatable bonds is 7. The Balaban J connectivity index is 3.19. The van der Waals surface area contributed by atoms with Gasteiger partial charge in [0.25, 0.3) is 0 Å². The monoisotopic (exact) mass is 372 g/mol. The van der Waals surface area contributed by atoms with Gasteiger partial charge in [-0.2, -0.15) is 0 Å². The average molecular weight is 373 g/mol. The van der Waals surface area contributed by atoms with Crippen molar-refractivity contribution in [1.82, 2.24) is 0 Å². The SMILES string of the molecule is CC(C)(C)OO[Si](OOC(C)(C)C)(OOC(C)(C)C)c1ccccc1. The van der Waals surface area contributed by atoms with E-state index in [1.165, 1.54) is 0 Å². The van der Waals surface area contributed by atoms with Crippen molar-refractivity contribution < 1.29 is 28.4 Å². The zero-order valence-electron chi connectivity index (χ0n) is 16.8. The number of hydrogen-bond acceptors (Lipinski definition) is 6. The second-order valence-electron chi connectivity index (χ2n) is 8.76. The van der Waals surface area contributed by atoms with Crippen LogP contribution in [-0.4, -0.2) is 25.6 Å². The Morgan fingerprint density at radius 3 is 1.16 bits per heavy atom. The van der Waals surface area contributed by atoms with Crippen molar-refractivity contribution in [3.8, 4) is 0 Å². The fourth-order valence-electron chi connectivity index (χ4n) is 1.37. The van der Waals surface area contributed by atoms with E-state index in [1.54, 1.807) is 0 Å². The molecule has 0 unspecified atom stereocenters. The minimum absolute atomic E-state index is 0.566. The van der Waals surface area contributed by atoms with Gasteiger partial charge < -0.3 is 0 Å². The van der Waals surface area contributed by atoms with E-state index in [2.05, 4.69) is 0 Å². The first-order valence-corrected chi connectivity index (χ1v) is 10.1. The van der Waals surface area contributed by atoms with Gasteiger partial charge in [0.05, 0.1) is 16.8 Å². The maximum absolute atomic E-state index is 5.72. The molecule has 1 aromatic carbocycles. The Labute approximate surface area is 152 Å². The summed E-state index contributed by atoms with van der Waals surface area (Å²) in [5, 5.41) is 0.660. The molecular formula is C18H32O6Si. The second-order valence-corrected chi connectivity index (χ2v) is 10.9. The highest BCUT2D eigenvalue weighted by molar-refractivity contribution is 6.74. The summed E-state index contributed by atoms with van der Waals surface area (Å²) in [6.45, 7) is 16.8. The van der Waals surface area contributed by atoms with Crippen LogP contribution in [0.15, 0.2) is 30.3 Å². The van der Waals surface area contributed by atoms with Crippen molar-refractivity contribution in [3.63, 3.8) is 0 Å². The minimum Gasteiger partial charge on any atom is -0.237 e. The van der Waals surface area contributed by atoms with Gasteiger partial charge in [0.1, 0.15) is 0 Å². The highest BCUT2D eigenvalue weighted by Gasteiger charge is 2.52. The molecule has 0 fully saturated rings. The first-order chi connectivity index (χ1) is 11.2. The van der Waals surface area contributed by atoms with Gasteiger partial charge in [0.15, 0.2) is 0 Å². The van der Waals surface area contributed by atoms with Gasteiger partial charge in [0.2, 0.25) is 0 Å². The van der Waals surface area contributed by atoms with Crippen molar-refractivity contribution in [2.75, 3.05) is 0 Å². The Morgan fingerprint density at radius 1 is 0.560 bits per heavy atom. The van der Waals surface area contributed by atoms with E-state index in [9.17, 15) is 0 Å². The molecule has 0 bridgehead atoms. The third kappa shape index (κ3) is 8.91. The van der Waals surface area contributed by atoms with Crippen molar-refractivity contribution >= 4 is 14.0 Å². The standard InChI is InChI=1S/C18H32O6Si/c1-16(2,3)19-22-25(23-20-17(4,5)6,24-21-18(7,8)9)15-13-11-10-12-14-15/h10-14H,1-9H3. The second kappa shape index (κ2) is 8.26. The highest BCUT2D eigenvalue weighted by Crippen LogP contribution is 2.22. The molecule has 1 aromatic rings. The van der Waals surface area contributed by atoms with E-state index in [-0.39, 0.29) is 0 Å². The van der Waals surface area contributed by atoms with Crippen LogP contribution in [0.5, 0.6) is 0 Å². The quantitative estimate of drug-likeness (QED) is 0.408. The van der Waals surface area contributed by atoms with E-state index in [0.717, 1.165) is 0 Å². The maximum Gasteiger partial charge on any atom is 0.620 e. The van der Waals surface area contributed by atoms with Gasteiger partial charge in [-0.05, 0) is 62.3 Å². The van der Waals surface area contributed by atoms with Gasteiger partial charge in [0, 0.05) is 5.19 Å². The van der Waals surface area contributed by atoms with E-state index in [0.29, 0.717) is 5.19 Å². The van der Waals surface area contributed by atoms with Crippen LogP contribution in [0.1, 0.15) is 62.3 Å². The maximum atomic E-state index is 5.72. The van der Waals surface area contributed by atoms with Gasteiger partial charge >= 0.3 is 8.80 Å². The number of hydrogen-bond donors (Lipinski definition) is 0. The molecule has 7 heteroatoms. The van der Waals surface area contributed by atoms with Gasteiger partial charge in [-0.25, -0.2) is 28.4 Å². The van der Waals surface area contributed by atoms with Crippen LogP contribution in [0.25, 0.3) is 0 Å². The summed E-state index contributed by atoms with van der Waals surface area (Å²) in [4.78, 5) is 16.6. The summed E-state index contributed by atoms with van der Waals surface area (Å²) >= 11 is 0. The van der Waals surface area contributed by atoms with Crippen LogP contribution in [0.4, 0.5) is 0 Å². The molecule has 6 nitrogen and oxygen atoms in total. The molecule has 0 aliphatic carbocycles. The first-order valence-electron chi connectivity index (χ1n) is 8.39. The Kier molecular flexibility index (Phi) is 7.35. The summed E-state index contributed by atoms with van der Waals surface area (Å²) in [6.07, 6.45) is 0. The van der Waals surface area contributed by atoms with Crippen molar-refractivity contribution in [3.05, 3.63) is 30.3 Å². The third-order valence-corrected chi connectivity index (χ3v) is 4.28. The van der Waals surface area contributed by atoms with Gasteiger partial charge in [-0.1, -0.05) is 30.3 Å². The smallest absolute Gasteiger partial charge is 0.237 e. The molecule has 0 spiro atoms. The molecule has 0 amide bonds. The van der Waals surface area contributed by atoms with Crippen LogP contribution in [0, 0.1) is 0 Å². The number of benzene rings is 1. The lowest BCUT2D eigenvalue weighted by molar-refractivity contribution is -0.405. The molecule has 0 saturated heterocycles. The predicted octanol–water partition coefficient (Wildman–Crippen LogP) is 4.07. The highest BCUT2D eigenvalue weighted by atomic mass is 28.4. The zero-order chi connectivity index (χ0) is 19.4. The van der Waals surface area contributed by atoms with E-state index in [1.807, 2.05) is 92.6 Å². The summed E-state index contributed by atoms with van der Waals surface area (Å²) in [6, 6.07) is 9.27. The largest absolute Gasteiger partial charge is 0.620 e. The molecular weight excluding hydrogens is 340 g/mol. The summed E-state index contributed by atoms with van der Waals surface area (Å²) in [5.74, 6) is 0. The third-order valence-electron chi connectivity index (χ3n) is 2.33. The van der Waals surface area contributed by atoms with Crippen molar-refractivity contribution in [1.29, 1.82) is 0 Å². The van der Waals surface area contributed by atoms with Crippen molar-refractivity contribution in [2.24, 2.45) is 0 Å². The molecule has 0 aromatic heterocycles. The van der Waals surface area contributed by atoms with E-state index in [4.69, 9.17) is 28.4 Å². The van der Waals surface area contributed by atoms with Crippen molar-refractivity contribution in [2.45, 2.75) is 79.1 Å². The molecule has 1 rings (SSSR count). The molecule has 0 aliphatic heterocycles. The lowest BCUT2D eigenvalue weighted by Gasteiger charge is -2.33. The fraction of sp³-hybridized carbons (Fsp3) is 0.667.